The second-order valence-electron chi connectivity index (χ2n) is 7.02. The number of carboxylic acid groups (broad SMARTS) is 1. The molecule has 0 radical (unpaired) electrons. The average Bonchev–Trinajstić information content (AvgIpc) is 2.81. The summed E-state index contributed by atoms with van der Waals surface area (Å²) in [5.41, 5.74) is -0.507. The van der Waals surface area contributed by atoms with Gasteiger partial charge in [0, 0.05) is 17.4 Å². The molecule has 2 bridgehead atoms. The highest BCUT2D eigenvalue weighted by Crippen LogP contribution is 2.66. The molecular weight excluding hydrogens is 302 g/mol. The number of carbonyl (C=O) groups is 1. The number of rotatable bonds is 4. The van der Waals surface area contributed by atoms with Crippen molar-refractivity contribution in [1.82, 2.24) is 4.98 Å². The van der Waals surface area contributed by atoms with Crippen LogP contribution in [0.1, 0.15) is 43.5 Å². The highest BCUT2D eigenvalue weighted by molar-refractivity contribution is 7.85. The summed E-state index contributed by atoms with van der Waals surface area (Å²) in [5.74, 6) is -0.402. The maximum atomic E-state index is 12.8. The minimum absolute atomic E-state index is 0.0166. The lowest BCUT2D eigenvalue weighted by atomic mass is 9.70. The van der Waals surface area contributed by atoms with E-state index in [-0.39, 0.29) is 21.8 Å². The molecule has 0 spiro atoms. The number of hydrogen-bond acceptors (Lipinski definition) is 4. The molecule has 4 atom stereocenters. The number of pyridine rings is 1. The van der Waals surface area contributed by atoms with Crippen molar-refractivity contribution >= 4 is 16.8 Å². The van der Waals surface area contributed by atoms with Crippen LogP contribution in [0.2, 0.25) is 0 Å². The van der Waals surface area contributed by atoms with Crippen molar-refractivity contribution in [3.63, 3.8) is 0 Å². The molecule has 0 aliphatic heterocycles. The van der Waals surface area contributed by atoms with Crippen LogP contribution in [0.25, 0.3) is 0 Å². The quantitative estimate of drug-likeness (QED) is 0.886. The van der Waals surface area contributed by atoms with Gasteiger partial charge >= 0.3 is 5.97 Å². The van der Waals surface area contributed by atoms with Gasteiger partial charge in [0.1, 0.15) is 5.03 Å². The number of fused-ring (bicyclic) bond motifs is 2. The van der Waals surface area contributed by atoms with Crippen LogP contribution < -0.4 is 0 Å². The normalized spacial score (nSPS) is 33.8. The van der Waals surface area contributed by atoms with Gasteiger partial charge in [-0.2, -0.15) is 0 Å². The van der Waals surface area contributed by atoms with Crippen LogP contribution >= 0.6 is 0 Å². The Labute approximate surface area is 132 Å². The smallest absolute Gasteiger partial charge is 0.338 e. The zero-order chi connectivity index (χ0) is 16.1. The van der Waals surface area contributed by atoms with E-state index >= 15 is 0 Å². The minimum atomic E-state index is -1.54. The van der Waals surface area contributed by atoms with Crippen molar-refractivity contribution in [3.05, 3.63) is 23.9 Å². The molecule has 2 fully saturated rings. The van der Waals surface area contributed by atoms with Crippen LogP contribution in [0.5, 0.6) is 0 Å². The van der Waals surface area contributed by atoms with Gasteiger partial charge in [0.15, 0.2) is 0 Å². The molecule has 120 valence electrons. The second-order valence-corrected chi connectivity index (χ2v) is 8.38. The van der Waals surface area contributed by atoms with E-state index in [9.17, 15) is 19.2 Å². The van der Waals surface area contributed by atoms with Crippen LogP contribution in [0.3, 0.4) is 0 Å². The fraction of sp³-hybridized carbons (Fsp3) is 0.625. The van der Waals surface area contributed by atoms with E-state index in [0.717, 1.165) is 19.3 Å². The van der Waals surface area contributed by atoms with Gasteiger partial charge in [0.25, 0.3) is 0 Å². The summed E-state index contributed by atoms with van der Waals surface area (Å²) >= 11 is 0. The molecule has 6 heteroatoms. The standard InChI is InChI=1S/C16H21NO4S/c1-15(2)10-5-6-16(15,12(18)8-10)9-22(21)13-11(14(19)20)4-3-7-17-13/h3-4,7,10,12,18H,5-6,8-9H2,1-2H3,(H,19,20)/t10-,12-,16-,22-/m1/s1. The van der Waals surface area contributed by atoms with Crippen molar-refractivity contribution in [2.75, 3.05) is 5.75 Å². The molecule has 2 saturated carbocycles. The van der Waals surface area contributed by atoms with E-state index in [1.54, 1.807) is 0 Å². The number of aromatic nitrogens is 1. The Morgan fingerprint density at radius 3 is 2.77 bits per heavy atom. The predicted octanol–water partition coefficient (Wildman–Crippen LogP) is 2.07. The number of aromatic carboxylic acids is 1. The lowest BCUT2D eigenvalue weighted by Crippen LogP contribution is -2.43. The number of nitrogens with zero attached hydrogens (tertiary/aromatic N) is 1. The van der Waals surface area contributed by atoms with Gasteiger partial charge in [-0.3, -0.25) is 4.21 Å². The van der Waals surface area contributed by atoms with Crippen molar-refractivity contribution in [1.29, 1.82) is 0 Å². The number of aliphatic hydroxyl groups is 1. The first-order valence-electron chi connectivity index (χ1n) is 7.54. The molecule has 0 amide bonds. The first kappa shape index (κ1) is 15.6. The molecule has 3 rings (SSSR count). The van der Waals surface area contributed by atoms with Gasteiger partial charge in [-0.25, -0.2) is 9.78 Å². The maximum Gasteiger partial charge on any atom is 0.338 e. The van der Waals surface area contributed by atoms with Gasteiger partial charge < -0.3 is 10.2 Å². The lowest BCUT2D eigenvalue weighted by Gasteiger charge is -2.40. The number of hydrogen-bond donors (Lipinski definition) is 2. The first-order chi connectivity index (χ1) is 10.3. The molecule has 2 N–H and O–H groups in total. The summed E-state index contributed by atoms with van der Waals surface area (Å²) in [6.45, 7) is 4.27. The van der Waals surface area contributed by atoms with Crippen LogP contribution in [-0.4, -0.2) is 37.2 Å². The van der Waals surface area contributed by atoms with E-state index in [4.69, 9.17) is 0 Å². The molecule has 0 aromatic carbocycles. The highest BCUT2D eigenvalue weighted by Gasteiger charge is 2.64. The maximum absolute atomic E-state index is 12.8. The number of carboxylic acids is 1. The molecule has 2 aliphatic carbocycles. The van der Waals surface area contributed by atoms with Gasteiger partial charge in [0.2, 0.25) is 0 Å². The molecule has 1 aromatic heterocycles. The Morgan fingerprint density at radius 1 is 1.50 bits per heavy atom. The van der Waals surface area contributed by atoms with Crippen molar-refractivity contribution < 1.29 is 19.2 Å². The van der Waals surface area contributed by atoms with E-state index in [1.165, 1.54) is 18.3 Å². The molecule has 22 heavy (non-hydrogen) atoms. The van der Waals surface area contributed by atoms with Crippen molar-refractivity contribution in [3.8, 4) is 0 Å². The van der Waals surface area contributed by atoms with Crippen LogP contribution in [-0.2, 0) is 10.8 Å². The van der Waals surface area contributed by atoms with Crippen molar-refractivity contribution in [2.24, 2.45) is 16.7 Å². The molecule has 5 nitrogen and oxygen atoms in total. The Balaban J connectivity index is 1.94. The first-order valence-corrected chi connectivity index (χ1v) is 8.86. The SMILES string of the molecule is CC1(C)[C@@H]2CC[C@@]1(C[S@@](=O)c1ncccc1C(=O)O)[C@H](O)C2. The largest absolute Gasteiger partial charge is 0.478 e. The van der Waals surface area contributed by atoms with Crippen LogP contribution in [0, 0.1) is 16.7 Å². The topological polar surface area (TPSA) is 87.5 Å². The minimum Gasteiger partial charge on any atom is -0.478 e. The number of aliphatic hydroxyl groups excluding tert-OH is 1. The van der Waals surface area contributed by atoms with E-state index < -0.39 is 28.3 Å². The fourth-order valence-electron chi connectivity index (χ4n) is 4.42. The summed E-state index contributed by atoms with van der Waals surface area (Å²) in [7, 11) is -1.54. The zero-order valence-electron chi connectivity index (χ0n) is 12.8. The Bertz CT molecular complexity index is 645. The third kappa shape index (κ3) is 2.04. The van der Waals surface area contributed by atoms with Gasteiger partial charge in [0.05, 0.1) is 22.5 Å². The van der Waals surface area contributed by atoms with Crippen LogP contribution in [0.15, 0.2) is 23.4 Å². The summed E-state index contributed by atoms with van der Waals surface area (Å²) in [5, 5.41) is 19.9. The molecule has 2 aliphatic rings. The summed E-state index contributed by atoms with van der Waals surface area (Å²) in [6, 6.07) is 2.95. The van der Waals surface area contributed by atoms with E-state index in [2.05, 4.69) is 18.8 Å². The fourth-order valence-corrected chi connectivity index (χ4v) is 6.31. The Kier molecular flexibility index (Phi) is 3.64. The molecule has 1 heterocycles. The molecule has 0 unspecified atom stereocenters. The third-order valence-electron chi connectivity index (χ3n) is 5.99. The van der Waals surface area contributed by atoms with Gasteiger partial charge in [-0.15, -0.1) is 0 Å². The lowest BCUT2D eigenvalue weighted by molar-refractivity contribution is 0.0160. The monoisotopic (exact) mass is 323 g/mol. The Morgan fingerprint density at radius 2 is 2.23 bits per heavy atom. The van der Waals surface area contributed by atoms with Gasteiger partial charge in [-0.1, -0.05) is 13.8 Å². The molecular formula is C16H21NO4S. The summed E-state index contributed by atoms with van der Waals surface area (Å²) in [6.07, 6.45) is 3.62. The third-order valence-corrected chi connectivity index (χ3v) is 7.53. The van der Waals surface area contributed by atoms with Crippen LogP contribution in [0.4, 0.5) is 0 Å². The molecule has 0 saturated heterocycles. The average molecular weight is 323 g/mol. The van der Waals surface area contributed by atoms with E-state index in [0.29, 0.717) is 5.92 Å². The summed E-state index contributed by atoms with van der Waals surface area (Å²) in [4.78, 5) is 15.3. The van der Waals surface area contributed by atoms with Gasteiger partial charge in [-0.05, 0) is 42.7 Å². The Hall–Kier alpha value is -1.27. The highest BCUT2D eigenvalue weighted by atomic mass is 32.2. The van der Waals surface area contributed by atoms with Crippen molar-refractivity contribution in [2.45, 2.75) is 44.2 Å². The summed E-state index contributed by atoms with van der Waals surface area (Å²) < 4.78 is 12.8. The van der Waals surface area contributed by atoms with E-state index in [1.807, 2.05) is 0 Å². The zero-order valence-corrected chi connectivity index (χ0v) is 13.6. The molecule has 1 aromatic rings. The predicted molar refractivity (Wildman–Crippen MR) is 82.0 cm³/mol. The second kappa shape index (κ2) is 5.13.